The summed E-state index contributed by atoms with van der Waals surface area (Å²) in [6, 6.07) is -1.21. The molecule has 0 saturated carbocycles. The van der Waals surface area contributed by atoms with Crippen molar-refractivity contribution in [3.63, 3.8) is 0 Å². The van der Waals surface area contributed by atoms with Crippen molar-refractivity contribution in [2.75, 3.05) is 12.4 Å². The number of nitrogens with one attached hydrogen (secondary N) is 2. The second-order valence-corrected chi connectivity index (χ2v) is 3.53. The Morgan fingerprint density at radius 1 is 1.57 bits per heavy atom. The molecule has 0 spiro atoms. The fraction of sp³-hybridized carbons (Fsp3) is 0.857. The molecule has 0 saturated heterocycles. The van der Waals surface area contributed by atoms with E-state index in [1.807, 2.05) is 0 Å². The van der Waals surface area contributed by atoms with E-state index < -0.39 is 18.2 Å². The molecule has 3 atom stereocenters. The molecule has 0 aliphatic heterocycles. The Morgan fingerprint density at radius 3 is 2.43 bits per heavy atom. The van der Waals surface area contributed by atoms with E-state index in [4.69, 9.17) is 10.2 Å². The zero-order valence-electron chi connectivity index (χ0n) is 7.84. The number of amides is 1. The largest absolute Gasteiger partial charge is 0.394 e. The number of aliphatic hydroxyl groups is 2. The summed E-state index contributed by atoms with van der Waals surface area (Å²) in [6.45, 7) is 1.18. The van der Waals surface area contributed by atoms with E-state index in [0.717, 1.165) is 0 Å². The summed E-state index contributed by atoms with van der Waals surface area (Å²) in [5.74, 6) is -0.0669. The van der Waals surface area contributed by atoms with Crippen LogP contribution in [-0.2, 0) is 4.79 Å². The molecule has 5 nitrogen and oxygen atoms in total. The molecule has 1 amide bonds. The Morgan fingerprint density at radius 2 is 2.14 bits per heavy atom. The van der Waals surface area contributed by atoms with E-state index in [1.54, 1.807) is 0 Å². The average molecular weight is 240 g/mol. The average Bonchev–Trinajstić information content (AvgIpc) is 2.15. The van der Waals surface area contributed by atoms with Crippen LogP contribution in [0.25, 0.3) is 0 Å². The van der Waals surface area contributed by atoms with Crippen molar-refractivity contribution >= 4 is 31.4 Å². The highest BCUT2D eigenvalue weighted by atomic mass is 32.1. The molecule has 14 heavy (non-hydrogen) atoms. The molecule has 0 aliphatic carbocycles. The summed E-state index contributed by atoms with van der Waals surface area (Å²) in [7, 11) is 0. The number of carbonyl (C=O) groups is 1. The van der Waals surface area contributed by atoms with Gasteiger partial charge in [-0.2, -0.15) is 12.6 Å². The quantitative estimate of drug-likeness (QED) is 0.322. The zero-order chi connectivity index (χ0) is 11.1. The monoisotopic (exact) mass is 240 g/mol. The van der Waals surface area contributed by atoms with Gasteiger partial charge in [0.2, 0.25) is 5.91 Å². The van der Waals surface area contributed by atoms with Crippen LogP contribution in [0.1, 0.15) is 6.92 Å². The Hall–Kier alpha value is 0.0500. The van der Waals surface area contributed by atoms with Gasteiger partial charge in [0, 0.05) is 5.75 Å². The lowest BCUT2D eigenvalue weighted by atomic mass is 10.2. The molecule has 0 aromatic carbocycles. The van der Waals surface area contributed by atoms with E-state index in [-0.39, 0.29) is 18.3 Å². The minimum Gasteiger partial charge on any atom is -0.394 e. The highest BCUT2D eigenvalue weighted by Gasteiger charge is 2.21. The maximum atomic E-state index is 11.4. The van der Waals surface area contributed by atoms with Crippen molar-refractivity contribution < 1.29 is 15.0 Å². The van der Waals surface area contributed by atoms with Gasteiger partial charge in [-0.15, -0.1) is 0 Å². The molecule has 84 valence electrons. The van der Waals surface area contributed by atoms with Crippen LogP contribution in [0.15, 0.2) is 0 Å². The van der Waals surface area contributed by atoms with Crippen LogP contribution >= 0.6 is 25.4 Å². The van der Waals surface area contributed by atoms with E-state index in [1.165, 1.54) is 6.92 Å². The smallest absolute Gasteiger partial charge is 0.239 e. The van der Waals surface area contributed by atoms with Crippen molar-refractivity contribution in [3.05, 3.63) is 0 Å². The SMILES string of the molecule is C[C@@H](O)[C@@H](CO)NC(=O)[C@H](CS)NS. The minimum absolute atomic E-state index is 0.285. The standard InChI is InChI=1S/C7H16N2O3S2/c1-4(11)5(2-10)8-7(12)6(3-13)9-14/h4-6,9-11,13-14H,2-3H2,1H3,(H,8,12)/t4-,5-,6+/m1/s1. The van der Waals surface area contributed by atoms with Gasteiger partial charge in [-0.05, 0) is 6.92 Å². The van der Waals surface area contributed by atoms with Gasteiger partial charge in [-0.3, -0.25) is 9.52 Å². The minimum atomic E-state index is -0.801. The molecule has 4 N–H and O–H groups in total. The molecular weight excluding hydrogens is 224 g/mol. The molecule has 0 bridgehead atoms. The molecule has 0 fully saturated rings. The Labute approximate surface area is 94.2 Å². The fourth-order valence-electron chi connectivity index (χ4n) is 0.784. The van der Waals surface area contributed by atoms with Crippen molar-refractivity contribution in [2.24, 2.45) is 0 Å². The lowest BCUT2D eigenvalue weighted by Gasteiger charge is -2.21. The van der Waals surface area contributed by atoms with Gasteiger partial charge in [0.05, 0.1) is 18.8 Å². The predicted molar refractivity (Wildman–Crippen MR) is 60.5 cm³/mol. The molecule has 0 unspecified atom stereocenters. The number of carbonyl (C=O) groups excluding carboxylic acids is 1. The normalized spacial score (nSPS) is 17.2. The third-order valence-corrected chi connectivity index (χ3v) is 2.44. The van der Waals surface area contributed by atoms with Crippen LogP contribution in [0, 0.1) is 0 Å². The van der Waals surface area contributed by atoms with E-state index in [0.29, 0.717) is 0 Å². The Balaban J connectivity index is 4.13. The summed E-state index contributed by atoms with van der Waals surface area (Å²) in [4.78, 5) is 11.4. The first-order chi connectivity index (χ1) is 6.56. The van der Waals surface area contributed by atoms with Gasteiger partial charge in [0.1, 0.15) is 6.04 Å². The van der Waals surface area contributed by atoms with Crippen molar-refractivity contribution in [1.29, 1.82) is 0 Å². The van der Waals surface area contributed by atoms with Gasteiger partial charge >= 0.3 is 0 Å². The van der Waals surface area contributed by atoms with E-state index in [9.17, 15) is 4.79 Å². The van der Waals surface area contributed by atoms with Crippen LogP contribution in [0.3, 0.4) is 0 Å². The van der Waals surface area contributed by atoms with Crippen LogP contribution in [-0.4, -0.2) is 46.7 Å². The van der Waals surface area contributed by atoms with E-state index >= 15 is 0 Å². The van der Waals surface area contributed by atoms with Crippen LogP contribution in [0.5, 0.6) is 0 Å². The lowest BCUT2D eigenvalue weighted by molar-refractivity contribution is -0.124. The van der Waals surface area contributed by atoms with Crippen molar-refractivity contribution in [1.82, 2.24) is 10.0 Å². The lowest BCUT2D eigenvalue weighted by Crippen LogP contribution is -2.51. The Bertz CT molecular complexity index is 176. The first-order valence-electron chi connectivity index (χ1n) is 4.16. The molecule has 0 aromatic rings. The molecule has 0 radical (unpaired) electrons. The molecular formula is C7H16N2O3S2. The highest BCUT2D eigenvalue weighted by molar-refractivity contribution is 7.80. The third kappa shape index (κ3) is 4.52. The molecule has 0 aliphatic rings. The molecule has 7 heteroatoms. The first-order valence-corrected chi connectivity index (χ1v) is 5.24. The summed E-state index contributed by atoms with van der Waals surface area (Å²) < 4.78 is 2.46. The van der Waals surface area contributed by atoms with Crippen molar-refractivity contribution in [2.45, 2.75) is 25.1 Å². The van der Waals surface area contributed by atoms with Gasteiger partial charge in [-0.1, -0.05) is 12.8 Å². The summed E-state index contributed by atoms with van der Waals surface area (Å²) in [6.07, 6.45) is -0.801. The first kappa shape index (κ1) is 14.1. The maximum Gasteiger partial charge on any atom is 0.239 e. The van der Waals surface area contributed by atoms with Gasteiger partial charge in [-0.25, -0.2) is 0 Å². The topological polar surface area (TPSA) is 81.6 Å². The number of rotatable bonds is 6. The van der Waals surface area contributed by atoms with E-state index in [2.05, 4.69) is 35.5 Å². The van der Waals surface area contributed by atoms with Crippen LogP contribution in [0.4, 0.5) is 0 Å². The van der Waals surface area contributed by atoms with Crippen LogP contribution < -0.4 is 10.0 Å². The number of hydrogen-bond donors (Lipinski definition) is 6. The second-order valence-electron chi connectivity index (χ2n) is 2.90. The van der Waals surface area contributed by atoms with Gasteiger partial charge in [0.15, 0.2) is 0 Å². The van der Waals surface area contributed by atoms with Crippen molar-refractivity contribution in [3.8, 4) is 0 Å². The summed E-state index contributed by atoms with van der Waals surface area (Å²) in [5.41, 5.74) is 0. The summed E-state index contributed by atoms with van der Waals surface area (Å²) >= 11 is 7.70. The second kappa shape index (κ2) is 7.36. The predicted octanol–water partition coefficient (Wildman–Crippen LogP) is -1.42. The summed E-state index contributed by atoms with van der Waals surface area (Å²) in [5, 5.41) is 20.5. The molecule has 0 heterocycles. The fourth-order valence-corrected chi connectivity index (χ4v) is 1.39. The molecule has 0 rings (SSSR count). The highest BCUT2D eigenvalue weighted by Crippen LogP contribution is 1.95. The number of hydrogen-bond acceptors (Lipinski definition) is 6. The van der Waals surface area contributed by atoms with Gasteiger partial charge in [0.25, 0.3) is 0 Å². The molecule has 0 aromatic heterocycles. The van der Waals surface area contributed by atoms with Gasteiger partial charge < -0.3 is 15.5 Å². The van der Waals surface area contributed by atoms with Crippen LogP contribution in [0.2, 0.25) is 0 Å². The number of aliphatic hydroxyl groups excluding tert-OH is 2. The maximum absolute atomic E-state index is 11.4. The zero-order valence-corrected chi connectivity index (χ0v) is 9.63. The Kier molecular flexibility index (Phi) is 7.38. The third-order valence-electron chi connectivity index (χ3n) is 1.76. The number of thiol groups is 2.